The average Bonchev–Trinajstić information content (AvgIpc) is 3.97. The zero-order valence-corrected chi connectivity index (χ0v) is 40.5. The minimum atomic E-state index is 1.08. The Morgan fingerprint density at radius 3 is 0.932 bits per heavy atom. The van der Waals surface area contributed by atoms with Crippen molar-refractivity contribution in [2.45, 2.75) is 6.92 Å². The fourth-order valence-electron chi connectivity index (χ4n) is 11.3. The molecule has 0 aliphatic carbocycles. The minimum Gasteiger partial charge on any atom is -0.308 e. The second-order valence-corrected chi connectivity index (χ2v) is 18.4. The number of benzene rings is 12. The summed E-state index contributed by atoms with van der Waals surface area (Å²) in [5.41, 5.74) is 13.4. The fourth-order valence-corrected chi connectivity index (χ4v) is 11.3. The standard InChI is InChI=1S/C66H44N4.C3H6/c1-3-23-46(24-4-1)67(60-39-19-21-41-62(60)69-56-35-15-11-27-48(56)49-28-12-16-36-57(49)69)64-43-45-44-65(53-32-8-10-34-55(53)66(45)54-33-9-7-31-52(54)64)68(47-25-5-2-6-26-47)61-40-20-22-42-63(61)70-58-37-17-13-29-50(58)51-30-14-18-38-59(51)70;1-3-2/h1-44H;3H,1H2,2H3. The second-order valence-electron chi connectivity index (χ2n) is 18.4. The van der Waals surface area contributed by atoms with Gasteiger partial charge in [-0.2, -0.15) is 0 Å². The number of para-hydroxylation sites is 10. The van der Waals surface area contributed by atoms with Crippen LogP contribution in [-0.4, -0.2) is 9.13 Å². The van der Waals surface area contributed by atoms with Crippen molar-refractivity contribution in [3.8, 4) is 11.4 Å². The van der Waals surface area contributed by atoms with E-state index in [1.165, 1.54) is 70.5 Å². The summed E-state index contributed by atoms with van der Waals surface area (Å²) in [5, 5.41) is 12.1. The first-order valence-electron chi connectivity index (χ1n) is 25.0. The van der Waals surface area contributed by atoms with Crippen LogP contribution in [0.4, 0.5) is 34.1 Å². The molecule has 346 valence electrons. The summed E-state index contributed by atoms with van der Waals surface area (Å²) in [6.45, 7) is 5.25. The predicted octanol–water partition coefficient (Wildman–Crippen LogP) is 19.5. The van der Waals surface area contributed by atoms with E-state index in [1.54, 1.807) is 6.08 Å². The highest BCUT2D eigenvalue weighted by Crippen LogP contribution is 2.50. The molecule has 4 nitrogen and oxygen atoms in total. The summed E-state index contributed by atoms with van der Waals surface area (Å²) >= 11 is 0. The molecule has 0 bridgehead atoms. The molecule has 2 aromatic heterocycles. The van der Waals surface area contributed by atoms with E-state index in [4.69, 9.17) is 0 Å². The maximum atomic E-state index is 3.36. The third-order valence-corrected chi connectivity index (χ3v) is 14.2. The predicted molar refractivity (Wildman–Crippen MR) is 313 cm³/mol. The summed E-state index contributed by atoms with van der Waals surface area (Å²) in [7, 11) is 0. The van der Waals surface area contributed by atoms with Crippen LogP contribution in [0, 0.1) is 0 Å². The SMILES string of the molecule is C=CC.c1ccc(N(c2ccccc2-n2c3ccccc3c3ccccc32)c2cc3cc(N(c4ccccc4)c4ccccc4-n4c5ccccc5c5ccccc54)c4ccccc4c3c3ccccc23)cc1. The van der Waals surface area contributed by atoms with Crippen LogP contribution in [0.3, 0.4) is 0 Å². The third-order valence-electron chi connectivity index (χ3n) is 14.2. The van der Waals surface area contributed by atoms with Gasteiger partial charge < -0.3 is 18.9 Å². The van der Waals surface area contributed by atoms with Gasteiger partial charge in [0.2, 0.25) is 0 Å². The molecule has 0 N–H and O–H groups in total. The van der Waals surface area contributed by atoms with Crippen LogP contribution < -0.4 is 9.80 Å². The summed E-state index contributed by atoms with van der Waals surface area (Å²) in [6, 6.07) is 97.4. The second kappa shape index (κ2) is 18.3. The highest BCUT2D eigenvalue weighted by molar-refractivity contribution is 6.27. The first-order valence-corrected chi connectivity index (χ1v) is 25.0. The number of aromatic nitrogens is 2. The van der Waals surface area contributed by atoms with Gasteiger partial charge in [-0.1, -0.05) is 188 Å². The molecule has 0 radical (unpaired) electrons. The fraction of sp³-hybridized carbons (Fsp3) is 0.0145. The van der Waals surface area contributed by atoms with Gasteiger partial charge in [0.25, 0.3) is 0 Å². The van der Waals surface area contributed by atoms with Crippen LogP contribution in [0.5, 0.6) is 0 Å². The van der Waals surface area contributed by atoms with E-state index in [0.29, 0.717) is 0 Å². The zero-order valence-electron chi connectivity index (χ0n) is 40.5. The molecule has 4 heteroatoms. The summed E-state index contributed by atoms with van der Waals surface area (Å²) < 4.78 is 4.88. The molecule has 14 rings (SSSR count). The van der Waals surface area contributed by atoms with E-state index in [-0.39, 0.29) is 0 Å². The zero-order chi connectivity index (χ0) is 48.8. The first-order chi connectivity index (χ1) is 36.2. The smallest absolute Gasteiger partial charge is 0.0702 e. The topological polar surface area (TPSA) is 16.3 Å². The van der Waals surface area contributed by atoms with E-state index in [2.05, 4.69) is 292 Å². The van der Waals surface area contributed by atoms with Crippen molar-refractivity contribution in [2.75, 3.05) is 9.80 Å². The van der Waals surface area contributed by atoms with Gasteiger partial charge in [-0.05, 0) is 113 Å². The lowest BCUT2D eigenvalue weighted by molar-refractivity contribution is 1.15. The van der Waals surface area contributed by atoms with Crippen LogP contribution in [0.15, 0.2) is 280 Å². The summed E-state index contributed by atoms with van der Waals surface area (Å²) in [6.07, 6.45) is 1.75. The highest BCUT2D eigenvalue weighted by atomic mass is 15.2. The van der Waals surface area contributed by atoms with E-state index in [1.807, 2.05) is 6.92 Å². The van der Waals surface area contributed by atoms with E-state index in [9.17, 15) is 0 Å². The maximum absolute atomic E-state index is 3.36. The molecule has 0 atom stereocenters. The van der Waals surface area contributed by atoms with Gasteiger partial charge >= 0.3 is 0 Å². The number of anilines is 6. The number of nitrogens with zero attached hydrogens (tertiary/aromatic N) is 4. The number of hydrogen-bond donors (Lipinski definition) is 0. The van der Waals surface area contributed by atoms with Crippen LogP contribution in [0.2, 0.25) is 0 Å². The quantitative estimate of drug-likeness (QED) is 0.111. The Balaban J connectivity index is 0.00000168. The maximum Gasteiger partial charge on any atom is 0.0702 e. The molecule has 2 heterocycles. The molecular formula is C69H50N4. The van der Waals surface area contributed by atoms with E-state index >= 15 is 0 Å². The Labute approximate surface area is 424 Å². The number of hydrogen-bond acceptors (Lipinski definition) is 2. The molecule has 0 spiro atoms. The molecule has 0 unspecified atom stereocenters. The Bertz CT molecular complexity index is 3990. The Kier molecular flexibility index (Phi) is 10.9. The third kappa shape index (κ3) is 7.14. The van der Waals surface area contributed by atoms with Crippen LogP contribution >= 0.6 is 0 Å². The average molecular weight is 935 g/mol. The van der Waals surface area contributed by atoms with Crippen LogP contribution in [-0.2, 0) is 0 Å². The lowest BCUT2D eigenvalue weighted by Crippen LogP contribution is -2.14. The first kappa shape index (κ1) is 43.4. The van der Waals surface area contributed by atoms with Crippen molar-refractivity contribution in [3.63, 3.8) is 0 Å². The van der Waals surface area contributed by atoms with Crippen molar-refractivity contribution in [1.82, 2.24) is 9.13 Å². The molecule has 73 heavy (non-hydrogen) atoms. The summed E-state index contributed by atoms with van der Waals surface area (Å²) in [5.74, 6) is 0. The van der Waals surface area contributed by atoms with Crippen molar-refractivity contribution < 1.29 is 0 Å². The Hall–Kier alpha value is -9.64. The molecule has 0 saturated carbocycles. The summed E-state index contributed by atoms with van der Waals surface area (Å²) in [4.78, 5) is 4.95. The molecule has 0 amide bonds. The van der Waals surface area contributed by atoms with Gasteiger partial charge in [0.05, 0.1) is 56.2 Å². The van der Waals surface area contributed by atoms with Crippen LogP contribution in [0.1, 0.15) is 6.92 Å². The minimum absolute atomic E-state index is 1.08. The van der Waals surface area contributed by atoms with Crippen LogP contribution in [0.25, 0.3) is 87.3 Å². The number of allylic oxidation sites excluding steroid dienone is 1. The molecule has 12 aromatic carbocycles. The van der Waals surface area contributed by atoms with E-state index in [0.717, 1.165) is 50.9 Å². The van der Waals surface area contributed by atoms with Gasteiger partial charge in [-0.25, -0.2) is 0 Å². The van der Waals surface area contributed by atoms with Crippen molar-refractivity contribution in [1.29, 1.82) is 0 Å². The number of rotatable bonds is 8. The van der Waals surface area contributed by atoms with Crippen molar-refractivity contribution >= 4 is 110 Å². The molecular weight excluding hydrogens is 885 g/mol. The van der Waals surface area contributed by atoms with Gasteiger partial charge in [0, 0.05) is 43.7 Å². The molecule has 14 aromatic rings. The lowest BCUT2D eigenvalue weighted by atomic mass is 9.93. The van der Waals surface area contributed by atoms with Gasteiger partial charge in [-0.15, -0.1) is 6.58 Å². The Morgan fingerprint density at radius 2 is 0.575 bits per heavy atom. The largest absolute Gasteiger partial charge is 0.308 e. The van der Waals surface area contributed by atoms with Gasteiger partial charge in [0.1, 0.15) is 0 Å². The molecule has 0 aliphatic heterocycles. The van der Waals surface area contributed by atoms with Crippen molar-refractivity contribution in [3.05, 3.63) is 280 Å². The highest BCUT2D eigenvalue weighted by Gasteiger charge is 2.26. The van der Waals surface area contributed by atoms with Gasteiger partial charge in [-0.3, -0.25) is 0 Å². The molecule has 0 fully saturated rings. The lowest BCUT2D eigenvalue weighted by Gasteiger charge is -2.31. The monoisotopic (exact) mass is 934 g/mol. The molecule has 0 aliphatic rings. The normalized spacial score (nSPS) is 11.4. The van der Waals surface area contributed by atoms with E-state index < -0.39 is 0 Å². The molecule has 0 saturated heterocycles. The van der Waals surface area contributed by atoms with Gasteiger partial charge in [0.15, 0.2) is 0 Å². The number of fused-ring (bicyclic) bond motifs is 11. The van der Waals surface area contributed by atoms with Crippen molar-refractivity contribution in [2.24, 2.45) is 0 Å². The Morgan fingerprint density at radius 1 is 0.301 bits per heavy atom.